The van der Waals surface area contributed by atoms with Gasteiger partial charge in [0, 0.05) is 0 Å². The highest BCUT2D eigenvalue weighted by Gasteiger charge is 2.73. The Morgan fingerprint density at radius 1 is 1.00 bits per heavy atom. The number of furan rings is 1. The van der Waals surface area contributed by atoms with Gasteiger partial charge in [-0.3, -0.25) is 0 Å². The largest absolute Gasteiger partial charge is 0.466 e. The van der Waals surface area contributed by atoms with Crippen LogP contribution in [-0.2, 0) is 5.60 Å². The number of aliphatic hydroxyl groups is 1. The molecule has 8 heteroatoms. The van der Waals surface area contributed by atoms with Crippen LogP contribution >= 0.6 is 0 Å². The number of halogens is 6. The lowest BCUT2D eigenvalue weighted by Gasteiger charge is -2.30. The summed E-state index contributed by atoms with van der Waals surface area (Å²) in [6, 6.07) is 1.22. The summed E-state index contributed by atoms with van der Waals surface area (Å²) >= 11 is 0. The van der Waals surface area contributed by atoms with Gasteiger partial charge in [0.15, 0.2) is 5.76 Å². The molecule has 0 atom stereocenters. The SMILES string of the molecule is OC(c1ccco1)(C(F)(F)F)C(F)(F)F. The first kappa shape index (κ1) is 11.9. The Balaban J connectivity index is 3.33. The molecule has 0 amide bonds. The maximum atomic E-state index is 12.1. The molecule has 0 aliphatic rings. The molecule has 0 unspecified atom stereocenters. The first-order valence-electron chi connectivity index (χ1n) is 3.50. The van der Waals surface area contributed by atoms with Crippen molar-refractivity contribution in [3.63, 3.8) is 0 Å². The maximum absolute atomic E-state index is 12.1. The lowest BCUT2D eigenvalue weighted by molar-refractivity contribution is -0.381. The van der Waals surface area contributed by atoms with Crippen LogP contribution in [0.4, 0.5) is 26.3 Å². The molecular weight excluding hydrogens is 230 g/mol. The molecule has 1 aromatic heterocycles. The molecular formula is C7H4F6O2. The van der Waals surface area contributed by atoms with Crippen molar-refractivity contribution in [2.24, 2.45) is 0 Å². The summed E-state index contributed by atoms with van der Waals surface area (Å²) < 4.78 is 76.8. The third-order valence-corrected chi connectivity index (χ3v) is 1.70. The molecule has 0 aliphatic heterocycles. The summed E-state index contributed by atoms with van der Waals surface area (Å²) in [7, 11) is 0. The summed E-state index contributed by atoms with van der Waals surface area (Å²) in [5.41, 5.74) is -4.97. The van der Waals surface area contributed by atoms with E-state index in [1.807, 2.05) is 0 Å². The van der Waals surface area contributed by atoms with Crippen LogP contribution in [0.2, 0.25) is 0 Å². The molecule has 0 saturated carbocycles. The van der Waals surface area contributed by atoms with Gasteiger partial charge in [-0.25, -0.2) is 0 Å². The van der Waals surface area contributed by atoms with Crippen LogP contribution in [0, 0.1) is 0 Å². The third-order valence-electron chi connectivity index (χ3n) is 1.70. The summed E-state index contributed by atoms with van der Waals surface area (Å²) in [4.78, 5) is 0. The van der Waals surface area contributed by atoms with Gasteiger partial charge in [0.1, 0.15) is 0 Å². The van der Waals surface area contributed by atoms with Crippen molar-refractivity contribution in [3.05, 3.63) is 24.2 Å². The van der Waals surface area contributed by atoms with E-state index in [1.54, 1.807) is 0 Å². The fourth-order valence-electron chi connectivity index (χ4n) is 0.925. The summed E-state index contributed by atoms with van der Waals surface area (Å²) in [6.07, 6.45) is -11.2. The molecule has 1 N–H and O–H groups in total. The highest BCUT2D eigenvalue weighted by molar-refractivity contribution is 5.15. The van der Waals surface area contributed by atoms with Gasteiger partial charge in [0.05, 0.1) is 6.26 Å². The van der Waals surface area contributed by atoms with E-state index in [0.29, 0.717) is 12.3 Å². The normalized spacial score (nSPS) is 14.3. The second-order valence-electron chi connectivity index (χ2n) is 2.68. The highest BCUT2D eigenvalue weighted by atomic mass is 19.4. The van der Waals surface area contributed by atoms with Gasteiger partial charge in [0.25, 0.3) is 0 Å². The molecule has 0 fully saturated rings. The smallest absolute Gasteiger partial charge is 0.433 e. The van der Waals surface area contributed by atoms with Gasteiger partial charge in [-0.05, 0) is 12.1 Å². The van der Waals surface area contributed by atoms with Crippen LogP contribution < -0.4 is 0 Å². The Hall–Kier alpha value is -1.18. The Morgan fingerprint density at radius 3 is 1.73 bits per heavy atom. The van der Waals surface area contributed by atoms with Gasteiger partial charge >= 0.3 is 18.0 Å². The Morgan fingerprint density at radius 2 is 1.47 bits per heavy atom. The van der Waals surface area contributed by atoms with E-state index in [0.717, 1.165) is 6.07 Å². The summed E-state index contributed by atoms with van der Waals surface area (Å²) in [6.45, 7) is 0. The van der Waals surface area contributed by atoms with E-state index in [2.05, 4.69) is 4.42 Å². The third kappa shape index (κ3) is 1.69. The van der Waals surface area contributed by atoms with Gasteiger partial charge < -0.3 is 9.52 Å². The van der Waals surface area contributed by atoms with E-state index < -0.39 is 23.7 Å². The molecule has 2 nitrogen and oxygen atoms in total. The molecule has 0 saturated heterocycles. The topological polar surface area (TPSA) is 33.4 Å². The van der Waals surface area contributed by atoms with Crippen molar-refractivity contribution in [2.75, 3.05) is 0 Å². The fraction of sp³-hybridized carbons (Fsp3) is 0.429. The minimum atomic E-state index is -5.90. The molecule has 0 aromatic carbocycles. The number of hydrogen-bond acceptors (Lipinski definition) is 2. The lowest BCUT2D eigenvalue weighted by Crippen LogP contribution is -2.53. The molecule has 0 spiro atoms. The predicted octanol–water partition coefficient (Wildman–Crippen LogP) is 2.59. The van der Waals surface area contributed by atoms with Crippen molar-refractivity contribution in [1.82, 2.24) is 0 Å². The molecule has 0 aliphatic carbocycles. The van der Waals surface area contributed by atoms with Crippen molar-refractivity contribution in [3.8, 4) is 0 Å². The average Bonchev–Trinajstić information content (AvgIpc) is 2.49. The number of alkyl halides is 6. The minimum absolute atomic E-state index is 0.404. The fourth-order valence-corrected chi connectivity index (χ4v) is 0.925. The number of hydrogen-bond donors (Lipinski definition) is 1. The zero-order valence-corrected chi connectivity index (χ0v) is 6.86. The standard InChI is InChI=1S/C7H4F6O2/c8-6(9,10)5(14,7(11,12)13)4-2-1-3-15-4/h1-3,14H. The zero-order valence-electron chi connectivity index (χ0n) is 6.86. The van der Waals surface area contributed by atoms with Crippen molar-refractivity contribution in [2.45, 2.75) is 18.0 Å². The molecule has 0 radical (unpaired) electrons. The van der Waals surface area contributed by atoms with Gasteiger partial charge in [-0.1, -0.05) is 0 Å². The first-order chi connectivity index (χ1) is 6.61. The van der Waals surface area contributed by atoms with Crippen LogP contribution in [0.15, 0.2) is 22.8 Å². The Bertz CT molecular complexity index is 308. The van der Waals surface area contributed by atoms with E-state index in [4.69, 9.17) is 5.11 Å². The van der Waals surface area contributed by atoms with Crippen LogP contribution in [0.25, 0.3) is 0 Å². The van der Waals surface area contributed by atoms with Crippen LogP contribution in [0.1, 0.15) is 5.76 Å². The zero-order chi connectivity index (χ0) is 11.9. The predicted molar refractivity (Wildman–Crippen MR) is 34.7 cm³/mol. The monoisotopic (exact) mass is 234 g/mol. The van der Waals surface area contributed by atoms with Crippen LogP contribution in [0.3, 0.4) is 0 Å². The molecule has 1 aromatic rings. The molecule has 15 heavy (non-hydrogen) atoms. The summed E-state index contributed by atoms with van der Waals surface area (Å²) in [5, 5.41) is 8.70. The molecule has 1 rings (SSSR count). The lowest BCUT2D eigenvalue weighted by atomic mass is 10.00. The molecule has 86 valence electrons. The summed E-state index contributed by atoms with van der Waals surface area (Å²) in [5.74, 6) is -1.61. The quantitative estimate of drug-likeness (QED) is 0.757. The van der Waals surface area contributed by atoms with Gasteiger partial charge in [-0.15, -0.1) is 0 Å². The van der Waals surface area contributed by atoms with Crippen molar-refractivity contribution < 1.29 is 35.9 Å². The van der Waals surface area contributed by atoms with E-state index in [-0.39, 0.29) is 0 Å². The first-order valence-corrected chi connectivity index (χ1v) is 3.50. The van der Waals surface area contributed by atoms with Gasteiger partial charge in [-0.2, -0.15) is 26.3 Å². The van der Waals surface area contributed by atoms with E-state index in [1.165, 1.54) is 0 Å². The molecule has 0 bridgehead atoms. The average molecular weight is 234 g/mol. The van der Waals surface area contributed by atoms with Crippen molar-refractivity contribution in [1.29, 1.82) is 0 Å². The maximum Gasteiger partial charge on any atom is 0.433 e. The minimum Gasteiger partial charge on any atom is -0.466 e. The second-order valence-corrected chi connectivity index (χ2v) is 2.68. The molecule has 1 heterocycles. The van der Waals surface area contributed by atoms with Crippen LogP contribution in [-0.4, -0.2) is 17.5 Å². The second kappa shape index (κ2) is 3.16. The van der Waals surface area contributed by atoms with E-state index in [9.17, 15) is 26.3 Å². The van der Waals surface area contributed by atoms with E-state index >= 15 is 0 Å². The number of rotatable bonds is 1. The van der Waals surface area contributed by atoms with Gasteiger partial charge in [0.2, 0.25) is 0 Å². The van der Waals surface area contributed by atoms with Crippen molar-refractivity contribution >= 4 is 0 Å². The Labute approximate surface area is 79.1 Å². The van der Waals surface area contributed by atoms with Crippen LogP contribution in [0.5, 0.6) is 0 Å². The Kier molecular flexibility index (Phi) is 2.50. The highest BCUT2D eigenvalue weighted by Crippen LogP contribution is 2.49.